The van der Waals surface area contributed by atoms with Crippen molar-refractivity contribution in [3.8, 4) is 5.75 Å². The zero-order valence-electron chi connectivity index (χ0n) is 13.9. The molecule has 5 nitrogen and oxygen atoms in total. The van der Waals surface area contributed by atoms with Gasteiger partial charge in [0.25, 0.3) is 0 Å². The fourth-order valence-electron chi connectivity index (χ4n) is 1.76. The fourth-order valence-corrected chi connectivity index (χ4v) is 1.76. The molecule has 0 aliphatic heterocycles. The van der Waals surface area contributed by atoms with Crippen LogP contribution in [0, 0.1) is 0 Å². The molecule has 1 aromatic rings. The smallest absolute Gasteiger partial charge is 0.220 e. The molecule has 122 valence electrons. The van der Waals surface area contributed by atoms with Gasteiger partial charge in [0.05, 0.1) is 6.61 Å². The highest BCUT2D eigenvalue weighted by atomic mass is 16.5. The number of hydrogen-bond donors (Lipinski definition) is 1. The monoisotopic (exact) mass is 306 g/mol. The number of likely N-dealkylation sites (N-methyl/N-ethyl adjacent to an activating group) is 1. The number of carbonyl (C=O) groups excluding carboxylic acids is 2. The maximum Gasteiger partial charge on any atom is 0.220 e. The van der Waals surface area contributed by atoms with Crippen LogP contribution >= 0.6 is 0 Å². The van der Waals surface area contributed by atoms with Crippen molar-refractivity contribution in [1.82, 2.24) is 10.2 Å². The summed E-state index contributed by atoms with van der Waals surface area (Å²) in [5, 5.41) is 2.91. The molecule has 1 rings (SSSR count). The van der Waals surface area contributed by atoms with E-state index in [2.05, 4.69) is 17.1 Å². The van der Waals surface area contributed by atoms with Gasteiger partial charge in [-0.2, -0.15) is 0 Å². The summed E-state index contributed by atoms with van der Waals surface area (Å²) in [6, 6.07) is 7.40. The van der Waals surface area contributed by atoms with E-state index in [4.69, 9.17) is 4.74 Å². The number of rotatable bonds is 9. The Kier molecular flexibility index (Phi) is 7.60. The number of benzene rings is 1. The first-order valence-electron chi connectivity index (χ1n) is 7.57. The van der Waals surface area contributed by atoms with E-state index in [1.807, 2.05) is 20.2 Å². The highest BCUT2D eigenvalue weighted by molar-refractivity contribution is 5.94. The lowest BCUT2D eigenvalue weighted by Gasteiger charge is -2.19. The number of carbonyl (C=O) groups is 2. The molecule has 0 aliphatic carbocycles. The highest BCUT2D eigenvalue weighted by Gasteiger charge is 2.07. The van der Waals surface area contributed by atoms with Crippen molar-refractivity contribution in [2.24, 2.45) is 0 Å². The summed E-state index contributed by atoms with van der Waals surface area (Å²) >= 11 is 0. The van der Waals surface area contributed by atoms with Gasteiger partial charge in [0.2, 0.25) is 5.91 Å². The second-order valence-corrected chi connectivity index (χ2v) is 5.65. The quantitative estimate of drug-likeness (QED) is 0.561. The van der Waals surface area contributed by atoms with Gasteiger partial charge in [-0.05, 0) is 46.5 Å². The van der Waals surface area contributed by atoms with E-state index >= 15 is 0 Å². The van der Waals surface area contributed by atoms with Gasteiger partial charge in [0.1, 0.15) is 5.75 Å². The van der Waals surface area contributed by atoms with Gasteiger partial charge in [-0.1, -0.05) is 12.1 Å². The minimum absolute atomic E-state index is 0.0137. The summed E-state index contributed by atoms with van der Waals surface area (Å²) in [5.74, 6) is 0.712. The van der Waals surface area contributed by atoms with Crippen molar-refractivity contribution >= 4 is 11.7 Å². The average molecular weight is 306 g/mol. The predicted molar refractivity (Wildman–Crippen MR) is 87.3 cm³/mol. The number of ketones is 1. The summed E-state index contributed by atoms with van der Waals surface area (Å²) in [4.78, 5) is 25.0. The van der Waals surface area contributed by atoms with E-state index in [1.54, 1.807) is 18.2 Å². The highest BCUT2D eigenvalue weighted by Crippen LogP contribution is 2.14. The van der Waals surface area contributed by atoms with Crippen molar-refractivity contribution in [3.05, 3.63) is 29.8 Å². The maximum atomic E-state index is 11.7. The first-order chi connectivity index (χ1) is 10.4. The second-order valence-electron chi connectivity index (χ2n) is 5.65. The van der Waals surface area contributed by atoms with E-state index in [-0.39, 0.29) is 11.7 Å². The molecular formula is C17H26N2O3. The Balaban J connectivity index is 2.23. The van der Waals surface area contributed by atoms with Crippen LogP contribution in [0.3, 0.4) is 0 Å². The number of hydrogen-bond acceptors (Lipinski definition) is 4. The molecule has 22 heavy (non-hydrogen) atoms. The average Bonchev–Trinajstić information content (AvgIpc) is 2.49. The standard InChI is InChI=1S/C17H26N2O3/c1-13(19(3)4)12-18-17(21)9-6-10-22-16-8-5-7-15(11-16)14(2)20/h5,7-8,11,13H,6,9-10,12H2,1-4H3,(H,18,21). The number of ether oxygens (including phenoxy) is 1. The Morgan fingerprint density at radius 3 is 2.68 bits per heavy atom. The molecule has 1 atom stereocenters. The lowest BCUT2D eigenvalue weighted by atomic mass is 10.1. The van der Waals surface area contributed by atoms with E-state index in [9.17, 15) is 9.59 Å². The molecule has 0 saturated heterocycles. The zero-order chi connectivity index (χ0) is 16.5. The van der Waals surface area contributed by atoms with Crippen molar-refractivity contribution in [2.75, 3.05) is 27.2 Å². The normalized spacial score (nSPS) is 12.0. The number of Topliss-reactive ketones (excluding diaryl/α,β-unsaturated/α-hetero) is 1. The summed E-state index contributed by atoms with van der Waals surface area (Å²) in [6.07, 6.45) is 1.08. The van der Waals surface area contributed by atoms with Crippen LogP contribution in [-0.4, -0.2) is 49.9 Å². The molecule has 0 heterocycles. The Morgan fingerprint density at radius 1 is 1.32 bits per heavy atom. The van der Waals surface area contributed by atoms with Crippen molar-refractivity contribution in [1.29, 1.82) is 0 Å². The van der Waals surface area contributed by atoms with Crippen molar-refractivity contribution in [2.45, 2.75) is 32.7 Å². The van der Waals surface area contributed by atoms with Crippen molar-refractivity contribution in [3.63, 3.8) is 0 Å². The molecule has 1 N–H and O–H groups in total. The molecule has 0 aliphatic rings. The number of nitrogens with one attached hydrogen (secondary N) is 1. The van der Waals surface area contributed by atoms with E-state index in [1.165, 1.54) is 6.92 Å². The summed E-state index contributed by atoms with van der Waals surface area (Å²) in [6.45, 7) is 4.69. The first-order valence-corrected chi connectivity index (χ1v) is 7.57. The Hall–Kier alpha value is -1.88. The third-order valence-corrected chi connectivity index (χ3v) is 3.53. The zero-order valence-corrected chi connectivity index (χ0v) is 13.9. The van der Waals surface area contributed by atoms with E-state index in [0.717, 1.165) is 0 Å². The van der Waals surface area contributed by atoms with Crippen LogP contribution in [0.15, 0.2) is 24.3 Å². The van der Waals surface area contributed by atoms with Crippen LogP contribution in [0.5, 0.6) is 5.75 Å². The third kappa shape index (κ3) is 6.72. The fraction of sp³-hybridized carbons (Fsp3) is 0.529. The minimum Gasteiger partial charge on any atom is -0.494 e. The van der Waals surface area contributed by atoms with Gasteiger partial charge in [0.15, 0.2) is 5.78 Å². The van der Waals surface area contributed by atoms with Gasteiger partial charge >= 0.3 is 0 Å². The van der Waals surface area contributed by atoms with Crippen LogP contribution in [-0.2, 0) is 4.79 Å². The Morgan fingerprint density at radius 2 is 2.05 bits per heavy atom. The van der Waals surface area contributed by atoms with E-state index in [0.29, 0.717) is 43.3 Å². The second kappa shape index (κ2) is 9.20. The molecule has 0 bridgehead atoms. The molecule has 1 aromatic carbocycles. The molecule has 0 aromatic heterocycles. The SMILES string of the molecule is CC(=O)c1cccc(OCCCC(=O)NCC(C)N(C)C)c1. The van der Waals surface area contributed by atoms with Crippen molar-refractivity contribution < 1.29 is 14.3 Å². The van der Waals surface area contributed by atoms with Crippen LogP contribution in [0.4, 0.5) is 0 Å². The number of nitrogens with zero attached hydrogens (tertiary/aromatic N) is 1. The first kappa shape index (κ1) is 18.2. The molecule has 0 spiro atoms. The summed E-state index contributed by atoms with van der Waals surface area (Å²) in [5.41, 5.74) is 0.632. The molecule has 0 saturated carbocycles. The molecule has 0 fully saturated rings. The van der Waals surface area contributed by atoms with Crippen LogP contribution in [0.25, 0.3) is 0 Å². The van der Waals surface area contributed by atoms with Gasteiger partial charge in [-0.25, -0.2) is 0 Å². The maximum absolute atomic E-state index is 11.7. The third-order valence-electron chi connectivity index (χ3n) is 3.53. The molecule has 5 heteroatoms. The van der Waals surface area contributed by atoms with Crippen LogP contribution in [0.2, 0.25) is 0 Å². The topological polar surface area (TPSA) is 58.6 Å². The van der Waals surface area contributed by atoms with Crippen LogP contribution < -0.4 is 10.1 Å². The molecule has 1 amide bonds. The molecule has 0 radical (unpaired) electrons. The lowest BCUT2D eigenvalue weighted by molar-refractivity contribution is -0.121. The minimum atomic E-state index is 0.0137. The molecular weight excluding hydrogens is 280 g/mol. The summed E-state index contributed by atoms with van der Waals surface area (Å²) < 4.78 is 5.57. The lowest BCUT2D eigenvalue weighted by Crippen LogP contribution is -2.38. The largest absolute Gasteiger partial charge is 0.494 e. The van der Waals surface area contributed by atoms with Gasteiger partial charge in [0, 0.05) is 24.6 Å². The van der Waals surface area contributed by atoms with Gasteiger partial charge in [-0.3, -0.25) is 9.59 Å². The van der Waals surface area contributed by atoms with E-state index < -0.39 is 0 Å². The van der Waals surface area contributed by atoms with Gasteiger partial charge in [-0.15, -0.1) is 0 Å². The molecule has 1 unspecified atom stereocenters. The predicted octanol–water partition coefficient (Wildman–Crippen LogP) is 2.11. The van der Waals surface area contributed by atoms with Crippen LogP contribution in [0.1, 0.15) is 37.0 Å². The Bertz CT molecular complexity index is 500. The Labute approximate surface area is 132 Å². The summed E-state index contributed by atoms with van der Waals surface area (Å²) in [7, 11) is 3.97. The van der Waals surface area contributed by atoms with Gasteiger partial charge < -0.3 is 15.0 Å². The number of amides is 1.